The van der Waals surface area contributed by atoms with Gasteiger partial charge in [0.15, 0.2) is 0 Å². The normalized spacial score (nSPS) is 18.5. The first-order chi connectivity index (χ1) is 23.3. The first-order valence-corrected chi connectivity index (χ1v) is 17.1. The third-order valence-electron chi connectivity index (χ3n) is 11.3. The zero-order valence-corrected chi connectivity index (χ0v) is 28.0. The van der Waals surface area contributed by atoms with E-state index in [1.807, 2.05) is 0 Å². The van der Waals surface area contributed by atoms with Crippen LogP contribution in [0.1, 0.15) is 67.5 Å². The van der Waals surface area contributed by atoms with Gasteiger partial charge in [-0.05, 0) is 96.6 Å². The van der Waals surface area contributed by atoms with Crippen molar-refractivity contribution in [2.45, 2.75) is 57.2 Å². The molecule has 4 heteroatoms. The molecular weight excluding hydrogens is 585 g/mol. The monoisotopic (exact) mass is 623 g/mol. The topological polar surface area (TPSA) is 31.4 Å². The summed E-state index contributed by atoms with van der Waals surface area (Å²) in [6.45, 7) is 8.39. The molecule has 0 N–H and O–H groups in total. The molecule has 6 aromatic rings. The van der Waals surface area contributed by atoms with E-state index in [4.69, 9.17) is 14.3 Å². The average molecular weight is 624 g/mol. The van der Waals surface area contributed by atoms with Gasteiger partial charge in [-0.3, -0.25) is 0 Å². The Morgan fingerprint density at radius 2 is 1.19 bits per heavy atom. The van der Waals surface area contributed by atoms with Crippen LogP contribution in [-0.2, 0) is 21.1 Å². The van der Waals surface area contributed by atoms with Crippen molar-refractivity contribution in [2.24, 2.45) is 0 Å². The molecule has 48 heavy (non-hydrogen) atoms. The molecule has 0 spiro atoms. The number of allylic oxidation sites excluding steroid dienone is 1. The Labute approximate surface area is 283 Å². The van der Waals surface area contributed by atoms with E-state index in [9.17, 15) is 0 Å². The molecule has 2 heterocycles. The van der Waals surface area contributed by atoms with E-state index >= 15 is 0 Å². The lowest BCUT2D eigenvalue weighted by Crippen LogP contribution is -2.41. The van der Waals surface area contributed by atoms with Crippen LogP contribution in [0.3, 0.4) is 0 Å². The van der Waals surface area contributed by atoms with Gasteiger partial charge in [-0.25, -0.2) is 4.98 Å². The van der Waals surface area contributed by atoms with Crippen LogP contribution in [0.25, 0.3) is 27.7 Å². The molecule has 0 amide bonds. The Kier molecular flexibility index (Phi) is 6.50. The molecule has 5 aromatic carbocycles. The van der Waals surface area contributed by atoms with E-state index in [2.05, 4.69) is 161 Å². The predicted octanol–water partition coefficient (Wildman–Crippen LogP) is 9.30. The number of fused-ring (bicyclic) bond motifs is 6. The summed E-state index contributed by atoms with van der Waals surface area (Å²) >= 11 is 0. The van der Waals surface area contributed by atoms with E-state index in [1.54, 1.807) is 0 Å². The van der Waals surface area contributed by atoms with E-state index in [0.29, 0.717) is 0 Å². The van der Waals surface area contributed by atoms with E-state index in [-0.39, 0.29) is 16.6 Å². The summed E-state index contributed by atoms with van der Waals surface area (Å²) in [4.78, 5) is 5.37. The van der Waals surface area contributed by atoms with Crippen LogP contribution in [0.15, 0.2) is 139 Å². The lowest BCUT2D eigenvalue weighted by molar-refractivity contribution is 0.00578. The SMILES string of the molecule is CC1(C)OB(c2ccc(-c3nc4ccccc4c4c3CCC3=C4c4ccccc4C3(c3ccccc3)c3ccccc3)cc2)OC1(C)C. The molecule has 9 rings (SSSR count). The zero-order chi connectivity index (χ0) is 32.7. The summed E-state index contributed by atoms with van der Waals surface area (Å²) in [7, 11) is -0.394. The zero-order valence-electron chi connectivity index (χ0n) is 28.0. The Hall–Kier alpha value is -4.77. The van der Waals surface area contributed by atoms with Gasteiger partial charge in [-0.2, -0.15) is 0 Å². The van der Waals surface area contributed by atoms with Gasteiger partial charge >= 0.3 is 7.12 Å². The molecule has 1 saturated heterocycles. The van der Waals surface area contributed by atoms with Crippen LogP contribution in [0, 0.1) is 0 Å². The van der Waals surface area contributed by atoms with Gasteiger partial charge in [0.2, 0.25) is 0 Å². The van der Waals surface area contributed by atoms with Crippen molar-refractivity contribution in [3.63, 3.8) is 0 Å². The molecule has 0 saturated carbocycles. The van der Waals surface area contributed by atoms with Crippen molar-refractivity contribution < 1.29 is 9.31 Å². The van der Waals surface area contributed by atoms with Gasteiger partial charge in [0, 0.05) is 10.9 Å². The highest BCUT2D eigenvalue weighted by atomic mass is 16.7. The molecule has 1 aromatic heterocycles. The fraction of sp³-hybridized carbons (Fsp3) is 0.205. The molecule has 3 nitrogen and oxygen atoms in total. The van der Waals surface area contributed by atoms with Gasteiger partial charge in [0.05, 0.1) is 27.8 Å². The van der Waals surface area contributed by atoms with Crippen molar-refractivity contribution in [1.29, 1.82) is 0 Å². The number of pyridine rings is 1. The molecule has 0 atom stereocenters. The van der Waals surface area contributed by atoms with E-state index in [0.717, 1.165) is 35.1 Å². The van der Waals surface area contributed by atoms with Crippen molar-refractivity contribution in [3.05, 3.63) is 172 Å². The third kappa shape index (κ3) is 4.12. The first kappa shape index (κ1) is 29.4. The summed E-state index contributed by atoms with van der Waals surface area (Å²) in [5.74, 6) is 0. The molecule has 0 bridgehead atoms. The number of nitrogens with zero attached hydrogens (tertiary/aromatic N) is 1. The predicted molar refractivity (Wildman–Crippen MR) is 196 cm³/mol. The Bertz CT molecular complexity index is 2180. The first-order valence-electron chi connectivity index (χ1n) is 17.1. The van der Waals surface area contributed by atoms with Crippen LogP contribution < -0.4 is 5.46 Å². The largest absolute Gasteiger partial charge is 0.494 e. The molecular formula is C44H38BNO2. The summed E-state index contributed by atoms with van der Waals surface area (Å²) in [6.07, 6.45) is 1.86. The van der Waals surface area contributed by atoms with Gasteiger partial charge in [-0.1, -0.05) is 127 Å². The van der Waals surface area contributed by atoms with Crippen LogP contribution in [0.2, 0.25) is 0 Å². The minimum Gasteiger partial charge on any atom is -0.399 e. The molecule has 0 radical (unpaired) electrons. The lowest BCUT2D eigenvalue weighted by Gasteiger charge is -2.37. The molecule has 3 aliphatic rings. The van der Waals surface area contributed by atoms with Gasteiger partial charge in [-0.15, -0.1) is 0 Å². The summed E-state index contributed by atoms with van der Waals surface area (Å²) in [6, 6.07) is 48.7. The Balaban J connectivity index is 1.28. The fourth-order valence-corrected chi connectivity index (χ4v) is 8.39. The van der Waals surface area contributed by atoms with Crippen LogP contribution in [-0.4, -0.2) is 23.3 Å². The second kappa shape index (κ2) is 10.6. The number of hydrogen-bond donors (Lipinski definition) is 0. The van der Waals surface area contributed by atoms with Crippen molar-refractivity contribution in [1.82, 2.24) is 4.98 Å². The van der Waals surface area contributed by atoms with Crippen molar-refractivity contribution >= 4 is 29.1 Å². The highest BCUT2D eigenvalue weighted by Gasteiger charge is 2.52. The summed E-state index contributed by atoms with van der Waals surface area (Å²) in [5, 5.41) is 1.21. The quantitative estimate of drug-likeness (QED) is 0.184. The highest BCUT2D eigenvalue weighted by Crippen LogP contribution is 2.60. The number of hydrogen-bond acceptors (Lipinski definition) is 3. The number of benzene rings is 5. The second-order valence-electron chi connectivity index (χ2n) is 14.4. The smallest absolute Gasteiger partial charge is 0.399 e. The van der Waals surface area contributed by atoms with E-state index in [1.165, 1.54) is 49.9 Å². The number of aromatic nitrogens is 1. The molecule has 2 aliphatic carbocycles. The van der Waals surface area contributed by atoms with Gasteiger partial charge < -0.3 is 9.31 Å². The Morgan fingerprint density at radius 1 is 0.604 bits per heavy atom. The molecule has 1 aliphatic heterocycles. The van der Waals surface area contributed by atoms with Crippen LogP contribution in [0.5, 0.6) is 0 Å². The Morgan fingerprint density at radius 3 is 1.85 bits per heavy atom. The van der Waals surface area contributed by atoms with Crippen LogP contribution in [0.4, 0.5) is 0 Å². The maximum atomic E-state index is 6.37. The lowest BCUT2D eigenvalue weighted by atomic mass is 9.64. The van der Waals surface area contributed by atoms with Crippen molar-refractivity contribution in [2.75, 3.05) is 0 Å². The third-order valence-corrected chi connectivity index (χ3v) is 11.3. The summed E-state index contributed by atoms with van der Waals surface area (Å²) in [5.41, 5.74) is 13.9. The fourth-order valence-electron chi connectivity index (χ4n) is 8.39. The van der Waals surface area contributed by atoms with Gasteiger partial charge in [0.25, 0.3) is 0 Å². The van der Waals surface area contributed by atoms with Crippen LogP contribution >= 0.6 is 0 Å². The van der Waals surface area contributed by atoms with Gasteiger partial charge in [0.1, 0.15) is 0 Å². The maximum Gasteiger partial charge on any atom is 0.494 e. The average Bonchev–Trinajstić information content (AvgIpc) is 3.55. The highest BCUT2D eigenvalue weighted by molar-refractivity contribution is 6.62. The number of para-hydroxylation sites is 1. The van der Waals surface area contributed by atoms with Crippen molar-refractivity contribution in [3.8, 4) is 11.3 Å². The second-order valence-corrected chi connectivity index (χ2v) is 14.4. The maximum absolute atomic E-state index is 6.37. The summed E-state index contributed by atoms with van der Waals surface area (Å²) < 4.78 is 12.7. The minimum absolute atomic E-state index is 0.374. The van der Waals surface area contributed by atoms with E-state index < -0.39 is 7.12 Å². The minimum atomic E-state index is -0.394. The standard InChI is InChI=1S/C44H38BNO2/c1-42(2)43(3,4)48-45(47-42)32-25-23-29(24-26-32)41-35-27-28-37-40(39(35)34-20-12-14-22-38(34)46-41)33-19-11-13-21-36(33)44(37,30-15-7-5-8-16-30)31-17-9-6-10-18-31/h5-26H,27-28H2,1-4H3. The number of rotatable bonds is 4. The molecule has 234 valence electrons. The molecule has 0 unspecified atom stereocenters. The molecule has 1 fully saturated rings.